The van der Waals surface area contributed by atoms with Crippen molar-refractivity contribution in [3.05, 3.63) is 35.9 Å². The fraction of sp³-hybridized carbons (Fsp3) is 0.600. The number of benzene rings is 1. The largest absolute Gasteiger partial charge is 0.466 e. The molecule has 26 heavy (non-hydrogen) atoms. The van der Waals surface area contributed by atoms with Crippen molar-refractivity contribution in [3.8, 4) is 0 Å². The number of esters is 2. The van der Waals surface area contributed by atoms with E-state index in [0.29, 0.717) is 13.0 Å². The normalized spacial score (nSPS) is 12.7. The van der Waals surface area contributed by atoms with Gasteiger partial charge in [-0.1, -0.05) is 63.8 Å². The first-order valence-corrected chi connectivity index (χ1v) is 13.0. The van der Waals surface area contributed by atoms with Crippen LogP contribution >= 0.6 is 0 Å². The first-order valence-electron chi connectivity index (χ1n) is 9.29. The fourth-order valence-corrected chi connectivity index (χ4v) is 3.02. The molecular weight excluding hydrogens is 346 g/mol. The summed E-state index contributed by atoms with van der Waals surface area (Å²) >= 11 is 0. The van der Waals surface area contributed by atoms with Crippen LogP contribution in [0, 0.1) is 0 Å². The van der Waals surface area contributed by atoms with Gasteiger partial charge in [0.25, 0.3) is 0 Å². The number of nitrogens with one attached hydrogen (secondary N) is 1. The zero-order valence-electron chi connectivity index (χ0n) is 16.7. The Morgan fingerprint density at radius 3 is 2.31 bits per heavy atom. The van der Waals surface area contributed by atoms with Crippen molar-refractivity contribution in [1.82, 2.24) is 5.32 Å². The lowest BCUT2D eigenvalue weighted by molar-refractivity contribution is -0.148. The lowest BCUT2D eigenvalue weighted by Crippen LogP contribution is -2.42. The molecule has 0 bridgehead atoms. The second-order valence-electron chi connectivity index (χ2n) is 8.04. The van der Waals surface area contributed by atoms with Crippen LogP contribution in [0.3, 0.4) is 0 Å². The molecule has 146 valence electrons. The van der Waals surface area contributed by atoms with Crippen LogP contribution in [0.5, 0.6) is 0 Å². The number of carbonyl (C=O) groups is 2. The van der Waals surface area contributed by atoms with E-state index in [9.17, 15) is 9.59 Å². The molecule has 0 fully saturated rings. The minimum Gasteiger partial charge on any atom is -0.466 e. The topological polar surface area (TPSA) is 64.6 Å². The summed E-state index contributed by atoms with van der Waals surface area (Å²) in [4.78, 5) is 24.3. The van der Waals surface area contributed by atoms with Crippen LogP contribution in [0.15, 0.2) is 30.3 Å². The molecule has 0 amide bonds. The van der Waals surface area contributed by atoms with Crippen LogP contribution in [-0.4, -0.2) is 38.7 Å². The highest BCUT2D eigenvalue weighted by atomic mass is 28.3. The van der Waals surface area contributed by atoms with Gasteiger partial charge in [-0.25, -0.2) is 0 Å². The molecule has 0 radical (unpaired) electrons. The van der Waals surface area contributed by atoms with Gasteiger partial charge in [-0.3, -0.25) is 9.59 Å². The highest BCUT2D eigenvalue weighted by molar-refractivity contribution is 6.76. The summed E-state index contributed by atoms with van der Waals surface area (Å²) in [6.07, 6.45) is 0.577. The Hall–Kier alpha value is -1.66. The van der Waals surface area contributed by atoms with E-state index in [0.717, 1.165) is 11.6 Å². The summed E-state index contributed by atoms with van der Waals surface area (Å²) < 4.78 is 10.7. The van der Waals surface area contributed by atoms with Crippen molar-refractivity contribution in [2.75, 3.05) is 6.61 Å². The van der Waals surface area contributed by atoms with Crippen LogP contribution in [-0.2, 0) is 25.7 Å². The Labute approximate surface area is 158 Å². The lowest BCUT2D eigenvalue weighted by Gasteiger charge is -2.20. The van der Waals surface area contributed by atoms with Crippen molar-refractivity contribution < 1.29 is 19.1 Å². The Morgan fingerprint density at radius 2 is 1.73 bits per heavy atom. The maximum absolute atomic E-state index is 12.4. The van der Waals surface area contributed by atoms with E-state index < -0.39 is 14.1 Å². The first kappa shape index (κ1) is 22.4. The monoisotopic (exact) mass is 379 g/mol. The van der Waals surface area contributed by atoms with Gasteiger partial charge in [-0.05, 0) is 18.0 Å². The van der Waals surface area contributed by atoms with Crippen LogP contribution in [0.1, 0.15) is 32.3 Å². The molecule has 1 N–H and O–H groups in total. The van der Waals surface area contributed by atoms with Crippen molar-refractivity contribution in [1.29, 1.82) is 0 Å². The summed E-state index contributed by atoms with van der Waals surface area (Å²) in [6.45, 7) is 11.4. The van der Waals surface area contributed by atoms with Crippen molar-refractivity contribution in [3.63, 3.8) is 0 Å². The molecule has 6 heteroatoms. The molecule has 1 aromatic carbocycles. The van der Waals surface area contributed by atoms with Gasteiger partial charge in [-0.2, -0.15) is 0 Å². The average Bonchev–Trinajstić information content (AvgIpc) is 2.56. The van der Waals surface area contributed by atoms with E-state index in [1.807, 2.05) is 44.2 Å². The summed E-state index contributed by atoms with van der Waals surface area (Å²) in [6, 6.07) is 10.1. The highest BCUT2D eigenvalue weighted by Crippen LogP contribution is 2.10. The molecule has 0 saturated carbocycles. The van der Waals surface area contributed by atoms with Gasteiger partial charge in [0, 0.05) is 20.5 Å². The molecule has 1 rings (SSSR count). The van der Waals surface area contributed by atoms with E-state index in [1.54, 1.807) is 0 Å². The molecule has 0 aliphatic heterocycles. The molecule has 0 saturated heterocycles. The van der Waals surface area contributed by atoms with E-state index in [4.69, 9.17) is 9.47 Å². The van der Waals surface area contributed by atoms with Crippen molar-refractivity contribution in [2.24, 2.45) is 0 Å². The van der Waals surface area contributed by atoms with Gasteiger partial charge in [0.15, 0.2) is 0 Å². The van der Waals surface area contributed by atoms with E-state index in [-0.39, 0.29) is 31.0 Å². The number of hydrogen-bond donors (Lipinski definition) is 1. The zero-order chi connectivity index (χ0) is 19.6. The molecule has 1 atom stereocenters. The van der Waals surface area contributed by atoms with Gasteiger partial charge in [0.05, 0.1) is 6.61 Å². The SMILES string of the molecule is CC(C)N[C@@H](CCC(=O)OCC[Si](C)(C)C)C(=O)OCc1ccccc1. The number of ether oxygens (including phenoxy) is 2. The van der Waals surface area contributed by atoms with Crippen LogP contribution in [0.2, 0.25) is 25.7 Å². The summed E-state index contributed by atoms with van der Waals surface area (Å²) in [5.41, 5.74) is 0.940. The molecule has 1 aromatic rings. The predicted molar refractivity (Wildman–Crippen MR) is 107 cm³/mol. The number of rotatable bonds is 11. The van der Waals surface area contributed by atoms with Crippen LogP contribution in [0.4, 0.5) is 0 Å². The molecule has 0 unspecified atom stereocenters. The standard InChI is InChI=1S/C20H33NO4Si/c1-16(2)21-18(11-12-19(22)24-13-14-26(3,4)5)20(23)25-15-17-9-7-6-8-10-17/h6-10,16,18,21H,11-15H2,1-5H3/t18-/m0/s1. The summed E-state index contributed by atoms with van der Waals surface area (Å²) in [7, 11) is -1.22. The van der Waals surface area contributed by atoms with E-state index in [1.165, 1.54) is 0 Å². The van der Waals surface area contributed by atoms with Crippen molar-refractivity contribution >= 4 is 20.0 Å². The molecule has 5 nitrogen and oxygen atoms in total. The smallest absolute Gasteiger partial charge is 0.323 e. The highest BCUT2D eigenvalue weighted by Gasteiger charge is 2.22. The first-order chi connectivity index (χ1) is 12.2. The van der Waals surface area contributed by atoms with Gasteiger partial charge in [-0.15, -0.1) is 0 Å². The Kier molecular flexibility index (Phi) is 9.58. The second kappa shape index (κ2) is 11.1. The maximum Gasteiger partial charge on any atom is 0.323 e. The minimum atomic E-state index is -1.22. The van der Waals surface area contributed by atoms with E-state index >= 15 is 0 Å². The van der Waals surface area contributed by atoms with Gasteiger partial charge in [0.2, 0.25) is 0 Å². The summed E-state index contributed by atoms with van der Waals surface area (Å²) in [5.74, 6) is -0.591. The molecule has 0 aliphatic rings. The Balaban J connectivity index is 2.44. The average molecular weight is 380 g/mol. The summed E-state index contributed by atoms with van der Waals surface area (Å²) in [5, 5.41) is 3.18. The molecule has 0 aliphatic carbocycles. The Bertz CT molecular complexity index is 555. The predicted octanol–water partition coefficient (Wildman–Crippen LogP) is 3.76. The molecule has 0 heterocycles. The third-order valence-electron chi connectivity index (χ3n) is 3.80. The zero-order valence-corrected chi connectivity index (χ0v) is 17.7. The third-order valence-corrected chi connectivity index (χ3v) is 5.50. The van der Waals surface area contributed by atoms with Gasteiger partial charge >= 0.3 is 11.9 Å². The molecular formula is C20H33NO4Si. The van der Waals surface area contributed by atoms with Crippen molar-refractivity contribution in [2.45, 2.75) is 71.1 Å². The molecule has 0 aromatic heterocycles. The third kappa shape index (κ3) is 10.4. The number of hydrogen-bond acceptors (Lipinski definition) is 5. The van der Waals surface area contributed by atoms with Gasteiger partial charge < -0.3 is 14.8 Å². The quantitative estimate of drug-likeness (QED) is 0.468. The van der Waals surface area contributed by atoms with Crippen LogP contribution in [0.25, 0.3) is 0 Å². The van der Waals surface area contributed by atoms with E-state index in [2.05, 4.69) is 25.0 Å². The lowest BCUT2D eigenvalue weighted by atomic mass is 10.1. The minimum absolute atomic E-state index is 0.118. The maximum atomic E-state index is 12.4. The van der Waals surface area contributed by atoms with Gasteiger partial charge in [0.1, 0.15) is 12.6 Å². The fourth-order valence-electron chi connectivity index (χ4n) is 2.31. The Morgan fingerprint density at radius 1 is 1.08 bits per heavy atom. The number of carbonyl (C=O) groups excluding carboxylic acids is 2. The second-order valence-corrected chi connectivity index (χ2v) is 13.7. The van der Waals surface area contributed by atoms with Crippen LogP contribution < -0.4 is 5.32 Å². The molecule has 0 spiro atoms.